The van der Waals surface area contributed by atoms with E-state index >= 15 is 0 Å². The normalized spacial score (nSPS) is 10.5. The average Bonchev–Trinajstić information content (AvgIpc) is 3.26. The lowest BCUT2D eigenvalue weighted by atomic mass is 10.1. The summed E-state index contributed by atoms with van der Waals surface area (Å²) in [5, 5.41) is 8.71. The van der Waals surface area contributed by atoms with Crippen LogP contribution in [0, 0.1) is 0 Å². The number of nitrogens with one attached hydrogen (secondary N) is 1. The zero-order valence-electron chi connectivity index (χ0n) is 12.6. The molecule has 1 amide bonds. The minimum atomic E-state index is -0.244. The van der Waals surface area contributed by atoms with Crippen molar-refractivity contribution in [1.82, 2.24) is 10.5 Å². The summed E-state index contributed by atoms with van der Waals surface area (Å²) in [5.74, 6) is 0.936. The van der Waals surface area contributed by atoms with Crippen LogP contribution in [0.3, 0.4) is 0 Å². The molecule has 0 saturated heterocycles. The van der Waals surface area contributed by atoms with Gasteiger partial charge in [0.05, 0.1) is 12.7 Å². The summed E-state index contributed by atoms with van der Waals surface area (Å²) in [6.45, 7) is 0.566. The number of carbonyl (C=O) groups excluding carboxylic acids is 1. The molecule has 0 radical (unpaired) electrons. The van der Waals surface area contributed by atoms with Gasteiger partial charge in [-0.3, -0.25) is 4.79 Å². The zero-order valence-corrected chi connectivity index (χ0v) is 13.4. The van der Waals surface area contributed by atoms with Gasteiger partial charge in [-0.2, -0.15) is 0 Å². The van der Waals surface area contributed by atoms with E-state index in [2.05, 4.69) is 10.5 Å². The van der Waals surface area contributed by atoms with Crippen molar-refractivity contribution in [2.24, 2.45) is 0 Å². The number of nitrogens with zero attached hydrogens (tertiary/aromatic N) is 1. The van der Waals surface area contributed by atoms with Crippen LogP contribution in [0.15, 0.2) is 52.4 Å². The molecule has 6 heteroatoms. The topological polar surface area (TPSA) is 64.4 Å². The van der Waals surface area contributed by atoms with Crippen LogP contribution in [0.25, 0.3) is 11.3 Å². The van der Waals surface area contributed by atoms with E-state index in [0.717, 1.165) is 12.0 Å². The van der Waals surface area contributed by atoms with Gasteiger partial charge in [0.1, 0.15) is 5.75 Å². The lowest BCUT2D eigenvalue weighted by molar-refractivity contribution is 0.0945. The van der Waals surface area contributed by atoms with Crippen LogP contribution in [-0.4, -0.2) is 24.7 Å². The molecule has 0 fully saturated rings. The molecular formula is C17H16N2O3S. The molecule has 0 bridgehead atoms. The SMILES string of the molecule is COc1ccccc1-c1cc(C(=O)NCCc2cccs2)no1. The smallest absolute Gasteiger partial charge is 0.273 e. The van der Waals surface area contributed by atoms with E-state index in [9.17, 15) is 4.79 Å². The Morgan fingerprint density at radius 1 is 1.30 bits per heavy atom. The predicted octanol–water partition coefficient (Wildman–Crippen LogP) is 3.38. The summed E-state index contributed by atoms with van der Waals surface area (Å²) in [5.41, 5.74) is 1.03. The van der Waals surface area contributed by atoms with Gasteiger partial charge in [0, 0.05) is 17.5 Å². The lowest BCUT2D eigenvalue weighted by Crippen LogP contribution is -2.25. The van der Waals surface area contributed by atoms with Crippen molar-refractivity contribution < 1.29 is 14.1 Å². The van der Waals surface area contributed by atoms with Gasteiger partial charge in [0.2, 0.25) is 0 Å². The highest BCUT2D eigenvalue weighted by molar-refractivity contribution is 7.09. The quantitative estimate of drug-likeness (QED) is 0.753. The Bertz CT molecular complexity index is 781. The van der Waals surface area contributed by atoms with Gasteiger partial charge in [-0.15, -0.1) is 11.3 Å². The van der Waals surface area contributed by atoms with Gasteiger partial charge >= 0.3 is 0 Å². The van der Waals surface area contributed by atoms with E-state index in [0.29, 0.717) is 18.1 Å². The zero-order chi connectivity index (χ0) is 16.1. The third-order valence-corrected chi connectivity index (χ3v) is 4.29. The van der Waals surface area contributed by atoms with Crippen molar-refractivity contribution in [2.75, 3.05) is 13.7 Å². The van der Waals surface area contributed by atoms with Crippen LogP contribution >= 0.6 is 11.3 Å². The number of thiophene rings is 1. The van der Waals surface area contributed by atoms with Crippen molar-refractivity contribution in [3.05, 3.63) is 58.4 Å². The Kier molecular flexibility index (Phi) is 4.73. The molecule has 23 heavy (non-hydrogen) atoms. The fraction of sp³-hybridized carbons (Fsp3) is 0.176. The first-order valence-corrected chi connectivity index (χ1v) is 8.06. The van der Waals surface area contributed by atoms with Crippen LogP contribution in [0.4, 0.5) is 0 Å². The molecule has 0 spiro atoms. The standard InChI is InChI=1S/C17H16N2O3S/c1-21-15-7-3-2-6-13(15)16-11-14(19-22-16)17(20)18-9-8-12-5-4-10-23-12/h2-7,10-11H,8-9H2,1H3,(H,18,20). The highest BCUT2D eigenvalue weighted by Crippen LogP contribution is 2.29. The molecule has 0 aliphatic heterocycles. The maximum Gasteiger partial charge on any atom is 0.273 e. The number of carbonyl (C=O) groups is 1. The number of para-hydroxylation sites is 1. The van der Waals surface area contributed by atoms with E-state index in [1.807, 2.05) is 41.8 Å². The van der Waals surface area contributed by atoms with Gasteiger partial charge in [0.25, 0.3) is 5.91 Å². The Morgan fingerprint density at radius 3 is 2.96 bits per heavy atom. The molecule has 0 atom stereocenters. The number of amides is 1. The van der Waals surface area contributed by atoms with Crippen LogP contribution < -0.4 is 10.1 Å². The van der Waals surface area contributed by atoms with Gasteiger partial charge in [-0.25, -0.2) is 0 Å². The summed E-state index contributed by atoms with van der Waals surface area (Å²) in [6, 6.07) is 13.1. The van der Waals surface area contributed by atoms with Crippen LogP contribution in [0.5, 0.6) is 5.75 Å². The van der Waals surface area contributed by atoms with Crippen molar-refractivity contribution in [2.45, 2.75) is 6.42 Å². The molecule has 2 heterocycles. The molecule has 0 aliphatic carbocycles. The fourth-order valence-electron chi connectivity index (χ4n) is 2.20. The maximum atomic E-state index is 12.1. The second kappa shape index (κ2) is 7.11. The van der Waals surface area contributed by atoms with Crippen LogP contribution in [0.2, 0.25) is 0 Å². The number of rotatable bonds is 6. The second-order valence-corrected chi connectivity index (χ2v) is 5.89. The molecule has 3 rings (SSSR count). The maximum absolute atomic E-state index is 12.1. The van der Waals surface area contributed by atoms with Crippen molar-refractivity contribution >= 4 is 17.2 Å². The molecule has 0 unspecified atom stereocenters. The summed E-state index contributed by atoms with van der Waals surface area (Å²) in [6.07, 6.45) is 0.806. The predicted molar refractivity (Wildman–Crippen MR) is 88.8 cm³/mol. The molecule has 2 aromatic heterocycles. The number of benzene rings is 1. The first-order chi connectivity index (χ1) is 11.3. The fourth-order valence-corrected chi connectivity index (χ4v) is 2.91. The van der Waals surface area contributed by atoms with E-state index in [1.165, 1.54) is 4.88 Å². The molecule has 1 aromatic carbocycles. The minimum Gasteiger partial charge on any atom is -0.496 e. The third-order valence-electron chi connectivity index (χ3n) is 3.35. The van der Waals surface area contributed by atoms with Crippen LogP contribution in [0.1, 0.15) is 15.4 Å². The summed E-state index contributed by atoms with van der Waals surface area (Å²) < 4.78 is 10.6. The molecule has 3 aromatic rings. The van der Waals surface area contributed by atoms with Gasteiger partial charge in [-0.05, 0) is 30.0 Å². The summed E-state index contributed by atoms with van der Waals surface area (Å²) >= 11 is 1.68. The van der Waals surface area contributed by atoms with Crippen molar-refractivity contribution in [3.8, 4) is 17.1 Å². The highest BCUT2D eigenvalue weighted by Gasteiger charge is 2.15. The summed E-state index contributed by atoms with van der Waals surface area (Å²) in [4.78, 5) is 13.3. The van der Waals surface area contributed by atoms with E-state index in [-0.39, 0.29) is 11.6 Å². The number of methoxy groups -OCH3 is 1. The number of hydrogen-bond donors (Lipinski definition) is 1. The van der Waals surface area contributed by atoms with Gasteiger partial charge in [0.15, 0.2) is 11.5 Å². The Hall–Kier alpha value is -2.60. The first kappa shape index (κ1) is 15.3. The highest BCUT2D eigenvalue weighted by atomic mass is 32.1. The number of ether oxygens (including phenoxy) is 1. The summed E-state index contributed by atoms with van der Waals surface area (Å²) in [7, 11) is 1.59. The molecule has 118 valence electrons. The average molecular weight is 328 g/mol. The number of hydrogen-bond acceptors (Lipinski definition) is 5. The Labute approximate surface area is 137 Å². The minimum absolute atomic E-state index is 0.244. The largest absolute Gasteiger partial charge is 0.496 e. The molecule has 0 aliphatic rings. The lowest BCUT2D eigenvalue weighted by Gasteiger charge is -2.03. The molecule has 5 nitrogen and oxygen atoms in total. The first-order valence-electron chi connectivity index (χ1n) is 7.18. The molecule has 1 N–H and O–H groups in total. The Balaban J connectivity index is 1.65. The van der Waals surface area contributed by atoms with Crippen molar-refractivity contribution in [1.29, 1.82) is 0 Å². The number of aromatic nitrogens is 1. The van der Waals surface area contributed by atoms with Crippen molar-refractivity contribution in [3.63, 3.8) is 0 Å². The van der Waals surface area contributed by atoms with E-state index < -0.39 is 0 Å². The van der Waals surface area contributed by atoms with Gasteiger partial charge < -0.3 is 14.6 Å². The Morgan fingerprint density at radius 2 is 2.17 bits per heavy atom. The third kappa shape index (κ3) is 3.60. The molecular weight excluding hydrogens is 312 g/mol. The second-order valence-electron chi connectivity index (χ2n) is 4.86. The van der Waals surface area contributed by atoms with E-state index in [4.69, 9.17) is 9.26 Å². The van der Waals surface area contributed by atoms with Gasteiger partial charge in [-0.1, -0.05) is 23.4 Å². The monoisotopic (exact) mass is 328 g/mol. The van der Waals surface area contributed by atoms with Crippen LogP contribution in [-0.2, 0) is 6.42 Å². The van der Waals surface area contributed by atoms with E-state index in [1.54, 1.807) is 24.5 Å². The molecule has 0 saturated carbocycles.